The van der Waals surface area contributed by atoms with E-state index in [1.807, 2.05) is 18.5 Å². The molecule has 0 aromatic carbocycles. The fraction of sp³-hybridized carbons (Fsp3) is 0.125. The van der Waals surface area contributed by atoms with Crippen LogP contribution in [0.15, 0.2) is 29.1 Å². The third-order valence-electron chi connectivity index (χ3n) is 1.61. The van der Waals surface area contributed by atoms with E-state index in [0.717, 1.165) is 11.3 Å². The molecule has 4 heteroatoms. The summed E-state index contributed by atoms with van der Waals surface area (Å²) in [5, 5.41) is 0. The third kappa shape index (κ3) is 1.12. The van der Waals surface area contributed by atoms with Crippen molar-refractivity contribution in [2.24, 2.45) is 5.73 Å². The smallest absolute Gasteiger partial charge is 0.208 e. The van der Waals surface area contributed by atoms with Crippen molar-refractivity contribution < 1.29 is 4.42 Å². The van der Waals surface area contributed by atoms with Crippen LogP contribution in [-0.4, -0.2) is 9.97 Å². The summed E-state index contributed by atoms with van der Waals surface area (Å²) in [6.07, 6.45) is 5.35. The molecule has 2 rings (SSSR count). The lowest BCUT2D eigenvalue weighted by atomic mass is 10.3. The number of oxazole rings is 1. The van der Waals surface area contributed by atoms with Gasteiger partial charge in [0.05, 0.1) is 12.7 Å². The zero-order valence-corrected chi connectivity index (χ0v) is 6.45. The standard InChI is InChI=1S/C8H9N3O/c9-3-8-11-5-7(12-8)6-1-2-10-4-6/h1-2,4-5,10H,3,9H2. The SMILES string of the molecule is NCc1ncc(-c2cc[nH]c2)o1. The van der Waals surface area contributed by atoms with Gasteiger partial charge in [-0.05, 0) is 6.07 Å². The predicted molar refractivity (Wildman–Crippen MR) is 44.2 cm³/mol. The van der Waals surface area contributed by atoms with Crippen molar-refractivity contribution in [3.63, 3.8) is 0 Å². The lowest BCUT2D eigenvalue weighted by Gasteiger charge is -1.87. The molecule has 0 spiro atoms. The van der Waals surface area contributed by atoms with Crippen molar-refractivity contribution in [3.8, 4) is 11.3 Å². The second kappa shape index (κ2) is 2.83. The van der Waals surface area contributed by atoms with E-state index in [1.165, 1.54) is 0 Å². The van der Waals surface area contributed by atoms with E-state index in [-0.39, 0.29) is 0 Å². The molecule has 4 nitrogen and oxygen atoms in total. The normalized spacial score (nSPS) is 10.4. The van der Waals surface area contributed by atoms with E-state index in [2.05, 4.69) is 9.97 Å². The Kier molecular flexibility index (Phi) is 1.68. The molecule has 0 atom stereocenters. The molecule has 0 saturated carbocycles. The number of hydrogen-bond donors (Lipinski definition) is 2. The van der Waals surface area contributed by atoms with Crippen LogP contribution in [0.4, 0.5) is 0 Å². The Hall–Kier alpha value is -1.55. The molecule has 2 aromatic heterocycles. The van der Waals surface area contributed by atoms with E-state index in [0.29, 0.717) is 12.4 Å². The first-order valence-corrected chi connectivity index (χ1v) is 3.68. The number of aromatic nitrogens is 2. The number of hydrogen-bond acceptors (Lipinski definition) is 3. The zero-order valence-electron chi connectivity index (χ0n) is 6.45. The minimum atomic E-state index is 0.338. The molecule has 0 amide bonds. The minimum absolute atomic E-state index is 0.338. The van der Waals surface area contributed by atoms with Gasteiger partial charge in [-0.1, -0.05) is 0 Å². The molecule has 2 aromatic rings. The minimum Gasteiger partial charge on any atom is -0.439 e. The van der Waals surface area contributed by atoms with Gasteiger partial charge in [-0.2, -0.15) is 0 Å². The molecule has 0 aliphatic rings. The van der Waals surface area contributed by atoms with Crippen molar-refractivity contribution in [1.82, 2.24) is 9.97 Å². The highest BCUT2D eigenvalue weighted by Crippen LogP contribution is 2.18. The number of rotatable bonds is 2. The van der Waals surface area contributed by atoms with Gasteiger partial charge in [0.15, 0.2) is 5.76 Å². The van der Waals surface area contributed by atoms with E-state index in [4.69, 9.17) is 10.2 Å². The molecule has 0 unspecified atom stereocenters. The number of aromatic amines is 1. The van der Waals surface area contributed by atoms with E-state index >= 15 is 0 Å². The van der Waals surface area contributed by atoms with Crippen LogP contribution in [0.3, 0.4) is 0 Å². The van der Waals surface area contributed by atoms with Crippen LogP contribution in [0.1, 0.15) is 5.89 Å². The molecule has 0 aliphatic heterocycles. The second-order valence-electron chi connectivity index (χ2n) is 2.42. The molecule has 0 aliphatic carbocycles. The number of nitrogens with one attached hydrogen (secondary N) is 1. The summed E-state index contributed by atoms with van der Waals surface area (Å²) in [6.45, 7) is 0.338. The molecular weight excluding hydrogens is 154 g/mol. The molecular formula is C8H9N3O. The monoisotopic (exact) mass is 163 g/mol. The third-order valence-corrected chi connectivity index (χ3v) is 1.61. The predicted octanol–water partition coefficient (Wildman–Crippen LogP) is 1.13. The number of nitrogens with zero attached hydrogens (tertiary/aromatic N) is 1. The quantitative estimate of drug-likeness (QED) is 0.697. The van der Waals surface area contributed by atoms with Crippen molar-refractivity contribution in [3.05, 3.63) is 30.5 Å². The van der Waals surface area contributed by atoms with Crippen LogP contribution < -0.4 is 5.73 Å². The van der Waals surface area contributed by atoms with Gasteiger partial charge in [0.2, 0.25) is 5.89 Å². The van der Waals surface area contributed by atoms with Crippen LogP contribution in [0.2, 0.25) is 0 Å². The lowest BCUT2D eigenvalue weighted by Crippen LogP contribution is -1.94. The van der Waals surface area contributed by atoms with Gasteiger partial charge in [0.1, 0.15) is 0 Å². The van der Waals surface area contributed by atoms with Crippen LogP contribution >= 0.6 is 0 Å². The summed E-state index contributed by atoms with van der Waals surface area (Å²) >= 11 is 0. The maximum absolute atomic E-state index is 5.35. The number of H-pyrrole nitrogens is 1. The van der Waals surface area contributed by atoms with Crippen molar-refractivity contribution in [2.45, 2.75) is 6.54 Å². The number of nitrogens with two attached hydrogens (primary N) is 1. The largest absolute Gasteiger partial charge is 0.439 e. The fourth-order valence-corrected chi connectivity index (χ4v) is 1.02. The Morgan fingerprint density at radius 1 is 1.58 bits per heavy atom. The van der Waals surface area contributed by atoms with Crippen LogP contribution in [-0.2, 0) is 6.54 Å². The first-order valence-electron chi connectivity index (χ1n) is 3.68. The van der Waals surface area contributed by atoms with E-state index in [9.17, 15) is 0 Å². The Balaban J connectivity index is 2.35. The topological polar surface area (TPSA) is 67.8 Å². The average Bonchev–Trinajstić information content (AvgIpc) is 2.75. The molecule has 0 fully saturated rings. The van der Waals surface area contributed by atoms with Crippen LogP contribution in [0, 0.1) is 0 Å². The lowest BCUT2D eigenvalue weighted by molar-refractivity contribution is 0.509. The summed E-state index contributed by atoms with van der Waals surface area (Å²) in [4.78, 5) is 6.92. The van der Waals surface area contributed by atoms with E-state index in [1.54, 1.807) is 6.20 Å². The molecule has 62 valence electrons. The maximum Gasteiger partial charge on any atom is 0.208 e. The zero-order chi connectivity index (χ0) is 8.39. The fourth-order valence-electron chi connectivity index (χ4n) is 1.02. The maximum atomic E-state index is 5.35. The van der Waals surface area contributed by atoms with Gasteiger partial charge >= 0.3 is 0 Å². The highest BCUT2D eigenvalue weighted by Gasteiger charge is 2.03. The Morgan fingerprint density at radius 2 is 2.50 bits per heavy atom. The molecule has 0 bridgehead atoms. The van der Waals surface area contributed by atoms with Gasteiger partial charge in [-0.3, -0.25) is 0 Å². The van der Waals surface area contributed by atoms with E-state index < -0.39 is 0 Å². The first-order chi connectivity index (χ1) is 5.90. The summed E-state index contributed by atoms with van der Waals surface area (Å²) < 4.78 is 5.32. The van der Waals surface area contributed by atoms with Crippen molar-refractivity contribution in [1.29, 1.82) is 0 Å². The Labute approximate surface area is 69.4 Å². The summed E-state index contributed by atoms with van der Waals surface area (Å²) in [6, 6.07) is 1.92. The molecule has 3 N–H and O–H groups in total. The van der Waals surface area contributed by atoms with Gasteiger partial charge in [-0.25, -0.2) is 4.98 Å². The van der Waals surface area contributed by atoms with Crippen molar-refractivity contribution in [2.75, 3.05) is 0 Å². The molecule has 2 heterocycles. The van der Waals surface area contributed by atoms with Crippen LogP contribution in [0.5, 0.6) is 0 Å². The highest BCUT2D eigenvalue weighted by molar-refractivity contribution is 5.54. The van der Waals surface area contributed by atoms with Crippen LogP contribution in [0.25, 0.3) is 11.3 Å². The second-order valence-corrected chi connectivity index (χ2v) is 2.42. The first kappa shape index (κ1) is 7.12. The molecule has 0 saturated heterocycles. The summed E-state index contributed by atoms with van der Waals surface area (Å²) in [5.41, 5.74) is 6.34. The molecule has 0 radical (unpaired) electrons. The van der Waals surface area contributed by atoms with Crippen molar-refractivity contribution >= 4 is 0 Å². The average molecular weight is 163 g/mol. The summed E-state index contributed by atoms with van der Waals surface area (Å²) in [7, 11) is 0. The highest BCUT2D eigenvalue weighted by atomic mass is 16.4. The van der Waals surface area contributed by atoms with Gasteiger partial charge in [0, 0.05) is 18.0 Å². The van der Waals surface area contributed by atoms with Gasteiger partial charge < -0.3 is 15.1 Å². The summed E-state index contributed by atoms with van der Waals surface area (Å²) in [5.74, 6) is 1.31. The van der Waals surface area contributed by atoms with Gasteiger partial charge in [0.25, 0.3) is 0 Å². The Bertz CT molecular complexity index is 350. The van der Waals surface area contributed by atoms with Gasteiger partial charge in [-0.15, -0.1) is 0 Å². The molecule has 12 heavy (non-hydrogen) atoms. The Morgan fingerprint density at radius 3 is 3.08 bits per heavy atom.